The smallest absolute Gasteiger partial charge is 0.352 e. The molecule has 2 aliphatic heterocycles. The number of hydrogen-bond acceptors (Lipinski definition) is 14. The van der Waals surface area contributed by atoms with Crippen LogP contribution in [0.15, 0.2) is 31.3 Å². The van der Waals surface area contributed by atoms with Gasteiger partial charge in [-0.25, -0.2) is 27.3 Å². The van der Waals surface area contributed by atoms with E-state index in [1.54, 1.807) is 0 Å². The number of nitrogens with one attached hydrogen (secondary N) is 2. The Kier molecular flexibility index (Phi) is 11.6. The van der Waals surface area contributed by atoms with Crippen molar-refractivity contribution in [2.45, 2.75) is 69.6 Å². The molecule has 4 rings (SSSR count). The highest BCUT2D eigenvalue weighted by atomic mass is 31.3. The van der Waals surface area contributed by atoms with Crippen LogP contribution in [-0.4, -0.2) is 69.5 Å². The van der Waals surface area contributed by atoms with E-state index in [0.29, 0.717) is 0 Å². The van der Waals surface area contributed by atoms with Crippen LogP contribution < -0.4 is 22.5 Å². The van der Waals surface area contributed by atoms with Gasteiger partial charge >= 0.3 is 47.6 Å². The van der Waals surface area contributed by atoms with Crippen LogP contribution in [0.3, 0.4) is 0 Å². The number of phosphoric ester groups is 2. The summed E-state index contributed by atoms with van der Waals surface area (Å²) >= 11 is 0. The molecule has 276 valence electrons. The van der Waals surface area contributed by atoms with Crippen molar-refractivity contribution in [1.29, 1.82) is 0 Å². The van der Waals surface area contributed by atoms with Gasteiger partial charge in [0.25, 0.3) is 11.1 Å². The largest absolute Gasteiger partial charge is 0.479 e. The second kappa shape index (κ2) is 14.4. The molecule has 2 aromatic rings. The first-order chi connectivity index (χ1) is 22.4. The number of ether oxygens (including phenoxy) is 2. The van der Waals surface area contributed by atoms with Gasteiger partial charge in [0.15, 0.2) is 0 Å². The van der Waals surface area contributed by atoms with Crippen molar-refractivity contribution in [3.8, 4) is 0 Å². The number of alkyl halides is 2. The Morgan fingerprint density at radius 2 is 1.08 bits per heavy atom. The quantitative estimate of drug-likeness (QED) is 0.147. The summed E-state index contributed by atoms with van der Waals surface area (Å²) in [7, 11) is -26.1. The Morgan fingerprint density at radius 1 is 0.735 bits per heavy atom. The number of phosphoric acid groups is 2. The van der Waals surface area contributed by atoms with Crippen LogP contribution in [-0.2, 0) is 45.4 Å². The molecule has 8 atom stereocenters. The molecule has 22 nitrogen and oxygen atoms in total. The zero-order valence-corrected chi connectivity index (χ0v) is 28.7. The number of hydrogen-bond donors (Lipinski definition) is 6. The minimum atomic E-state index is -7.06. The van der Waals surface area contributed by atoms with Crippen molar-refractivity contribution in [3.05, 3.63) is 65.2 Å². The van der Waals surface area contributed by atoms with Crippen LogP contribution in [0.4, 0.5) is 8.78 Å². The Hall–Kier alpha value is -2.26. The maximum absolute atomic E-state index is 14.8. The molecular formula is C21H30F2N4O18P4. The lowest BCUT2D eigenvalue weighted by Crippen LogP contribution is -2.34. The average molecular weight is 788 g/mol. The maximum atomic E-state index is 14.8. The highest BCUT2D eigenvalue weighted by molar-refractivity contribution is 7.78. The number of aryl methyl sites for hydroxylation is 2. The van der Waals surface area contributed by atoms with Crippen molar-refractivity contribution < 1.29 is 73.8 Å². The van der Waals surface area contributed by atoms with E-state index in [2.05, 4.69) is 17.7 Å². The minimum absolute atomic E-state index is 0.0337. The standard InChI is InChI=1S/C21H30F2N4O18P4/c1-11-7-15(28)24-19(30)26(11)17-5-3-13(42-17)9-40-48(36,37)44-46(32,33)21(22,23)47(34,35)45-49(38,39)41-10-14-4-6-18(43-14)27-12(2)8-16(29)25-20(27)31/h7-8,13-14,17-18H,3-6,9-10H2,1-2H3,(H,32,33)(H,34,35)(H,36,37)(H,38,39)(H,24,28,30)(H,25,29,31). The van der Waals surface area contributed by atoms with Crippen molar-refractivity contribution in [3.63, 3.8) is 0 Å². The number of aromatic nitrogens is 4. The molecule has 0 spiro atoms. The molecule has 0 amide bonds. The van der Waals surface area contributed by atoms with E-state index in [4.69, 9.17) is 9.47 Å². The van der Waals surface area contributed by atoms with Crippen molar-refractivity contribution in [1.82, 2.24) is 19.1 Å². The molecule has 2 saturated heterocycles. The SMILES string of the molecule is Cc1cc(=O)[nH]c(=O)n1C1CCC(COP(=O)(O)OP(=O)(O)C(F)(F)P(=O)(O)OP(=O)(O)OCC2CCC(n3c(C)cc(=O)[nH]c3=O)O2)O1. The van der Waals surface area contributed by atoms with Gasteiger partial charge in [0, 0.05) is 23.5 Å². The fraction of sp³-hybridized carbons (Fsp3) is 0.619. The third-order valence-corrected chi connectivity index (χ3v) is 14.3. The van der Waals surface area contributed by atoms with Gasteiger partial charge in [0.1, 0.15) is 12.5 Å². The van der Waals surface area contributed by atoms with E-state index < -0.39 is 96.6 Å². The Bertz CT molecular complexity index is 1870. The maximum Gasteiger partial charge on any atom is 0.479 e. The summed E-state index contributed by atoms with van der Waals surface area (Å²) in [5.74, 6) is 0. The van der Waals surface area contributed by atoms with Gasteiger partial charge in [-0.1, -0.05) is 0 Å². The summed E-state index contributed by atoms with van der Waals surface area (Å²) in [6.07, 6.45) is -3.95. The molecule has 8 unspecified atom stereocenters. The van der Waals surface area contributed by atoms with E-state index in [0.717, 1.165) is 21.3 Å². The van der Waals surface area contributed by atoms with E-state index in [9.17, 15) is 65.8 Å². The molecule has 28 heteroatoms. The summed E-state index contributed by atoms with van der Waals surface area (Å²) in [5, 5.41) is -6.01. The fourth-order valence-corrected chi connectivity index (χ4v) is 10.9. The number of halogens is 2. The Labute approximate surface area is 271 Å². The number of aromatic amines is 2. The van der Waals surface area contributed by atoms with Gasteiger partial charge in [-0.05, 0) is 39.5 Å². The summed E-state index contributed by atoms with van der Waals surface area (Å²) in [6, 6.07) is 2.19. The average Bonchev–Trinajstić information content (AvgIpc) is 3.59. The van der Waals surface area contributed by atoms with E-state index in [1.807, 2.05) is 9.97 Å². The predicted molar refractivity (Wildman–Crippen MR) is 157 cm³/mol. The highest BCUT2D eigenvalue weighted by Crippen LogP contribution is 2.81. The summed E-state index contributed by atoms with van der Waals surface area (Å²) in [5.41, 5.74) is -2.63. The molecule has 2 aromatic heterocycles. The molecule has 4 heterocycles. The molecule has 49 heavy (non-hydrogen) atoms. The van der Waals surface area contributed by atoms with Crippen LogP contribution in [0.5, 0.6) is 0 Å². The lowest BCUT2D eigenvalue weighted by molar-refractivity contribution is -0.0257. The second-order valence-corrected chi connectivity index (χ2v) is 18.0. The zero-order valence-electron chi connectivity index (χ0n) is 25.2. The fourth-order valence-electron chi connectivity index (χ4n) is 4.90. The van der Waals surface area contributed by atoms with Crippen LogP contribution in [0.25, 0.3) is 0 Å². The predicted octanol–water partition coefficient (Wildman–Crippen LogP) is 1.25. The topological polar surface area (TPSA) is 314 Å². The van der Waals surface area contributed by atoms with Crippen LogP contribution in [0.2, 0.25) is 0 Å². The second-order valence-electron chi connectivity index (χ2n) is 10.7. The van der Waals surface area contributed by atoms with Crippen molar-refractivity contribution in [2.24, 2.45) is 0 Å². The van der Waals surface area contributed by atoms with Crippen LogP contribution >= 0.6 is 30.8 Å². The molecular weight excluding hydrogens is 758 g/mol. The Morgan fingerprint density at radius 3 is 1.41 bits per heavy atom. The van der Waals surface area contributed by atoms with E-state index >= 15 is 0 Å². The van der Waals surface area contributed by atoms with E-state index in [-0.39, 0.29) is 37.1 Å². The highest BCUT2D eigenvalue weighted by Gasteiger charge is 2.70. The third kappa shape index (κ3) is 9.16. The number of rotatable bonds is 14. The van der Waals surface area contributed by atoms with Crippen molar-refractivity contribution in [2.75, 3.05) is 13.2 Å². The number of nitrogens with zero attached hydrogens (tertiary/aromatic N) is 2. The molecule has 6 N–H and O–H groups in total. The number of H-pyrrole nitrogens is 2. The molecule has 2 fully saturated rings. The van der Waals surface area contributed by atoms with Crippen LogP contribution in [0.1, 0.15) is 49.5 Å². The molecule has 0 saturated carbocycles. The van der Waals surface area contributed by atoms with Gasteiger partial charge in [0.05, 0.1) is 25.4 Å². The molecule has 0 aliphatic carbocycles. The monoisotopic (exact) mass is 788 g/mol. The molecule has 0 radical (unpaired) electrons. The summed E-state index contributed by atoms with van der Waals surface area (Å²) < 4.78 is 108. The van der Waals surface area contributed by atoms with Gasteiger partial charge in [-0.2, -0.15) is 8.78 Å². The minimum Gasteiger partial charge on any atom is -0.352 e. The first kappa shape index (κ1) is 39.5. The lowest BCUT2D eigenvalue weighted by atomic mass is 10.2. The van der Waals surface area contributed by atoms with Crippen LogP contribution in [0, 0.1) is 13.8 Å². The third-order valence-electron chi connectivity index (χ3n) is 7.04. The van der Waals surface area contributed by atoms with Gasteiger partial charge < -0.3 is 29.0 Å². The molecule has 0 bridgehead atoms. The van der Waals surface area contributed by atoms with Crippen molar-refractivity contribution >= 4 is 30.8 Å². The zero-order chi connectivity index (χ0) is 36.7. The normalized spacial score (nSPS) is 26.4. The van der Waals surface area contributed by atoms with Gasteiger partial charge in [-0.3, -0.25) is 46.9 Å². The van der Waals surface area contributed by atoms with Gasteiger partial charge in [-0.15, -0.1) is 0 Å². The summed E-state index contributed by atoms with van der Waals surface area (Å²) in [4.78, 5) is 90.3. The van der Waals surface area contributed by atoms with Gasteiger partial charge in [0.2, 0.25) is 0 Å². The Balaban J connectivity index is 1.33. The van der Waals surface area contributed by atoms with E-state index in [1.165, 1.54) is 13.8 Å². The molecule has 0 aromatic carbocycles. The first-order valence-corrected chi connectivity index (χ1v) is 19.9. The lowest BCUT2D eigenvalue weighted by Gasteiger charge is -2.27. The molecule has 2 aliphatic rings. The first-order valence-electron chi connectivity index (χ1n) is 13.8. The summed E-state index contributed by atoms with van der Waals surface area (Å²) in [6.45, 7) is 0.957.